The Morgan fingerprint density at radius 3 is 2.53 bits per heavy atom. The highest BCUT2D eigenvalue weighted by Gasteiger charge is 2.29. The van der Waals surface area contributed by atoms with E-state index < -0.39 is 0 Å². The van der Waals surface area contributed by atoms with Crippen molar-refractivity contribution in [1.29, 1.82) is 0 Å². The van der Waals surface area contributed by atoms with E-state index in [2.05, 4.69) is 39.6 Å². The van der Waals surface area contributed by atoms with Crippen molar-refractivity contribution in [3.05, 3.63) is 52.0 Å². The number of nitrogens with one attached hydrogen (secondary N) is 2. The van der Waals surface area contributed by atoms with Crippen molar-refractivity contribution in [2.24, 2.45) is 0 Å². The Labute approximate surface area is 183 Å². The molecule has 2 aromatic rings. The van der Waals surface area contributed by atoms with Crippen LogP contribution in [0.1, 0.15) is 66.5 Å². The number of nitrogens with zero attached hydrogens (tertiary/aromatic N) is 2. The molecule has 2 heterocycles. The molecule has 1 aromatic carbocycles. The summed E-state index contributed by atoms with van der Waals surface area (Å²) in [7, 11) is 0. The molecule has 1 aliphatic heterocycles. The van der Waals surface area contributed by atoms with Crippen molar-refractivity contribution in [1.82, 2.24) is 20.5 Å². The number of amides is 2. The maximum atomic E-state index is 12.9. The summed E-state index contributed by atoms with van der Waals surface area (Å²) in [5.41, 5.74) is 3.63. The van der Waals surface area contributed by atoms with Gasteiger partial charge in [-0.25, -0.2) is 4.98 Å². The lowest BCUT2D eigenvalue weighted by atomic mass is 10.0. The van der Waals surface area contributed by atoms with Gasteiger partial charge in [0.25, 0.3) is 5.91 Å². The summed E-state index contributed by atoms with van der Waals surface area (Å²) < 4.78 is 0. The van der Waals surface area contributed by atoms with Gasteiger partial charge in [-0.3, -0.25) is 14.5 Å². The molecule has 1 aromatic heterocycles. The van der Waals surface area contributed by atoms with E-state index in [9.17, 15) is 9.59 Å². The van der Waals surface area contributed by atoms with E-state index in [1.807, 2.05) is 32.0 Å². The van der Waals surface area contributed by atoms with Crippen LogP contribution in [0.5, 0.6) is 0 Å². The fraction of sp³-hybridized carbons (Fsp3) is 0.522. The summed E-state index contributed by atoms with van der Waals surface area (Å²) in [5, 5.41) is 6.37. The molecule has 0 saturated carbocycles. The number of carbonyl (C=O) groups excluding carboxylic acids is 2. The van der Waals surface area contributed by atoms with Gasteiger partial charge in [0.05, 0.1) is 23.3 Å². The molecule has 162 valence electrons. The largest absolute Gasteiger partial charge is 0.348 e. The molecule has 1 saturated heterocycles. The van der Waals surface area contributed by atoms with Gasteiger partial charge < -0.3 is 10.6 Å². The molecular formula is C23H32N4O2S. The zero-order valence-corrected chi connectivity index (χ0v) is 18.9. The lowest BCUT2D eigenvalue weighted by Gasteiger charge is -2.36. The molecule has 1 fully saturated rings. The number of rotatable bonds is 8. The van der Waals surface area contributed by atoms with Crippen LogP contribution in [0, 0.1) is 6.92 Å². The Morgan fingerprint density at radius 1 is 1.23 bits per heavy atom. The summed E-state index contributed by atoms with van der Waals surface area (Å²) in [6.45, 7) is 7.56. The van der Waals surface area contributed by atoms with Crippen LogP contribution >= 0.6 is 11.3 Å². The van der Waals surface area contributed by atoms with Crippen molar-refractivity contribution in [3.63, 3.8) is 0 Å². The molecule has 0 spiro atoms. The lowest BCUT2D eigenvalue weighted by molar-refractivity contribution is -0.127. The van der Waals surface area contributed by atoms with Crippen molar-refractivity contribution in [2.45, 2.75) is 64.6 Å². The number of likely N-dealkylation sites (tertiary alicyclic amines) is 1. The summed E-state index contributed by atoms with van der Waals surface area (Å²) in [6, 6.07) is 10.2. The van der Waals surface area contributed by atoms with Crippen LogP contribution in [0.15, 0.2) is 35.8 Å². The van der Waals surface area contributed by atoms with Crippen molar-refractivity contribution < 1.29 is 9.59 Å². The fourth-order valence-electron chi connectivity index (χ4n) is 3.96. The van der Waals surface area contributed by atoms with Crippen molar-refractivity contribution in [2.75, 3.05) is 13.1 Å². The Hall–Kier alpha value is -2.25. The van der Waals surface area contributed by atoms with Gasteiger partial charge in [0.15, 0.2) is 0 Å². The summed E-state index contributed by atoms with van der Waals surface area (Å²) in [6.07, 6.45) is 3.63. The fourth-order valence-corrected chi connectivity index (χ4v) is 4.66. The summed E-state index contributed by atoms with van der Waals surface area (Å²) in [4.78, 5) is 32.4. The molecule has 2 N–H and O–H groups in total. The van der Waals surface area contributed by atoms with Crippen LogP contribution in [-0.2, 0) is 4.79 Å². The van der Waals surface area contributed by atoms with Crippen LogP contribution in [0.3, 0.4) is 0 Å². The number of aryl methyl sites for hydroxylation is 1. The predicted molar refractivity (Wildman–Crippen MR) is 121 cm³/mol. The predicted octanol–water partition coefficient (Wildman–Crippen LogP) is 3.69. The number of thiazole rings is 1. The van der Waals surface area contributed by atoms with Gasteiger partial charge in [0.1, 0.15) is 4.88 Å². The Balaban J connectivity index is 1.50. The standard InChI is InChI=1S/C23H32N4O2S/c1-4-8-20(18-9-6-5-7-10-18)26-22(28)17(3)27-13-11-19(12-14-27)25-23(29)21-16(2)24-15-30-21/h5-7,9-10,15,17,19-20H,4,8,11-14H2,1-3H3,(H,25,29)(H,26,28). The molecule has 2 unspecified atom stereocenters. The minimum absolute atomic E-state index is 0.0375. The van der Waals surface area contributed by atoms with Gasteiger partial charge in [-0.2, -0.15) is 0 Å². The average molecular weight is 429 g/mol. The number of hydrogen-bond donors (Lipinski definition) is 2. The first-order valence-electron chi connectivity index (χ1n) is 10.8. The second-order valence-electron chi connectivity index (χ2n) is 7.99. The van der Waals surface area contributed by atoms with Crippen LogP contribution in [0.4, 0.5) is 0 Å². The molecule has 0 radical (unpaired) electrons. The van der Waals surface area contributed by atoms with E-state index in [-0.39, 0.29) is 29.9 Å². The number of benzene rings is 1. The Kier molecular flexibility index (Phi) is 7.99. The van der Waals surface area contributed by atoms with Gasteiger partial charge >= 0.3 is 0 Å². The van der Waals surface area contributed by atoms with Gasteiger partial charge in [-0.1, -0.05) is 43.7 Å². The molecular weight excluding hydrogens is 396 g/mol. The van der Waals surface area contributed by atoms with E-state index >= 15 is 0 Å². The van der Waals surface area contributed by atoms with Gasteiger partial charge in [0.2, 0.25) is 5.91 Å². The van der Waals surface area contributed by atoms with Crippen molar-refractivity contribution >= 4 is 23.2 Å². The van der Waals surface area contributed by atoms with E-state index in [4.69, 9.17) is 0 Å². The molecule has 0 bridgehead atoms. The van der Waals surface area contributed by atoms with E-state index in [0.29, 0.717) is 4.88 Å². The van der Waals surface area contributed by atoms with Crippen molar-refractivity contribution in [3.8, 4) is 0 Å². The third-order valence-electron chi connectivity index (χ3n) is 5.84. The zero-order chi connectivity index (χ0) is 21.5. The Morgan fingerprint density at radius 2 is 1.93 bits per heavy atom. The maximum Gasteiger partial charge on any atom is 0.263 e. The first-order valence-corrected chi connectivity index (χ1v) is 11.7. The monoisotopic (exact) mass is 428 g/mol. The minimum atomic E-state index is -0.187. The molecule has 30 heavy (non-hydrogen) atoms. The molecule has 6 nitrogen and oxygen atoms in total. The minimum Gasteiger partial charge on any atom is -0.348 e. The Bertz CT molecular complexity index is 831. The summed E-state index contributed by atoms with van der Waals surface area (Å²) >= 11 is 1.38. The highest BCUT2D eigenvalue weighted by atomic mass is 32.1. The summed E-state index contributed by atoms with van der Waals surface area (Å²) in [5.74, 6) is 0.0320. The zero-order valence-electron chi connectivity index (χ0n) is 18.1. The van der Waals surface area contributed by atoms with Crippen LogP contribution in [0.25, 0.3) is 0 Å². The first kappa shape index (κ1) is 22.4. The molecule has 0 aliphatic carbocycles. The number of hydrogen-bond acceptors (Lipinski definition) is 5. The van der Waals surface area contributed by atoms with Crippen LogP contribution < -0.4 is 10.6 Å². The van der Waals surface area contributed by atoms with Crippen LogP contribution in [-0.4, -0.2) is 46.9 Å². The third kappa shape index (κ3) is 5.67. The number of carbonyl (C=O) groups is 2. The molecule has 2 atom stereocenters. The normalized spacial score (nSPS) is 17.3. The smallest absolute Gasteiger partial charge is 0.263 e. The van der Waals surface area contributed by atoms with E-state index in [1.54, 1.807) is 5.51 Å². The maximum absolute atomic E-state index is 12.9. The first-order chi connectivity index (χ1) is 14.5. The molecule has 3 rings (SSSR count). The molecule has 1 aliphatic rings. The van der Waals surface area contributed by atoms with Gasteiger partial charge in [-0.15, -0.1) is 11.3 Å². The lowest BCUT2D eigenvalue weighted by Crippen LogP contribution is -2.52. The van der Waals surface area contributed by atoms with Gasteiger partial charge in [0, 0.05) is 19.1 Å². The second-order valence-corrected chi connectivity index (χ2v) is 8.84. The second kappa shape index (κ2) is 10.7. The van der Waals surface area contributed by atoms with E-state index in [1.165, 1.54) is 11.3 Å². The average Bonchev–Trinajstić information content (AvgIpc) is 3.20. The topological polar surface area (TPSA) is 74.3 Å². The quantitative estimate of drug-likeness (QED) is 0.672. The third-order valence-corrected chi connectivity index (χ3v) is 6.77. The number of aromatic nitrogens is 1. The highest BCUT2D eigenvalue weighted by molar-refractivity contribution is 7.11. The SMILES string of the molecule is CCCC(NC(=O)C(C)N1CCC(NC(=O)c2scnc2C)CC1)c1ccccc1. The molecule has 7 heteroatoms. The van der Waals surface area contributed by atoms with E-state index in [0.717, 1.165) is 50.0 Å². The van der Waals surface area contributed by atoms with Gasteiger partial charge in [-0.05, 0) is 38.7 Å². The van der Waals surface area contributed by atoms with Crippen LogP contribution in [0.2, 0.25) is 0 Å². The number of piperidine rings is 1. The highest BCUT2D eigenvalue weighted by Crippen LogP contribution is 2.20. The molecule has 2 amide bonds.